The van der Waals surface area contributed by atoms with Gasteiger partial charge in [-0.05, 0) is 39.0 Å². The number of aromatic nitrogens is 2. The largest absolute Gasteiger partial charge is 0.496 e. The molecule has 2 aromatic rings. The van der Waals surface area contributed by atoms with Gasteiger partial charge in [0, 0.05) is 35.6 Å². The molecule has 0 fully saturated rings. The zero-order chi connectivity index (χ0) is 15.4. The third-order valence-corrected chi connectivity index (χ3v) is 3.75. The molecule has 0 aliphatic heterocycles. The summed E-state index contributed by atoms with van der Waals surface area (Å²) in [5.74, 6) is 0.703. The first kappa shape index (κ1) is 15.4. The smallest absolute Gasteiger partial charge is 0.124 e. The predicted molar refractivity (Wildman–Crippen MR) is 83.6 cm³/mol. The van der Waals surface area contributed by atoms with Gasteiger partial charge >= 0.3 is 0 Å². The molecule has 0 aliphatic carbocycles. The second-order valence-electron chi connectivity index (χ2n) is 5.00. The lowest BCUT2D eigenvalue weighted by Crippen LogP contribution is -2.04. The number of aliphatic hydroxyl groups excluding tert-OH is 1. The van der Waals surface area contributed by atoms with Crippen LogP contribution in [-0.4, -0.2) is 22.0 Å². The van der Waals surface area contributed by atoms with Crippen LogP contribution in [0.5, 0.6) is 5.75 Å². The van der Waals surface area contributed by atoms with Crippen molar-refractivity contribution in [3.63, 3.8) is 0 Å². The summed E-state index contributed by atoms with van der Waals surface area (Å²) in [6.07, 6.45) is 0. The van der Waals surface area contributed by atoms with Crippen molar-refractivity contribution in [1.29, 1.82) is 0 Å². The Labute approximate surface area is 125 Å². The van der Waals surface area contributed by atoms with E-state index in [1.807, 2.05) is 29.8 Å². The maximum absolute atomic E-state index is 9.36. The van der Waals surface area contributed by atoms with E-state index in [9.17, 15) is 5.11 Å². The van der Waals surface area contributed by atoms with E-state index in [2.05, 4.69) is 24.3 Å². The normalized spacial score (nSPS) is 10.7. The Balaban J connectivity index is 2.15. The number of aryl methyl sites for hydroxylation is 2. The Kier molecular flexibility index (Phi) is 4.85. The third kappa shape index (κ3) is 3.19. The second kappa shape index (κ2) is 6.63. The molecule has 0 spiro atoms. The molecule has 0 saturated carbocycles. The van der Waals surface area contributed by atoms with Gasteiger partial charge in [-0.2, -0.15) is 5.10 Å². The summed E-state index contributed by atoms with van der Waals surface area (Å²) in [4.78, 5) is 0. The summed E-state index contributed by atoms with van der Waals surface area (Å²) in [7, 11) is 1.60. The minimum Gasteiger partial charge on any atom is -0.496 e. The fourth-order valence-electron chi connectivity index (χ4n) is 2.50. The van der Waals surface area contributed by atoms with Crippen molar-refractivity contribution in [3.8, 4) is 5.75 Å². The summed E-state index contributed by atoms with van der Waals surface area (Å²) in [6.45, 7) is 7.77. The number of anilines is 1. The lowest BCUT2D eigenvalue weighted by Gasteiger charge is -2.11. The van der Waals surface area contributed by atoms with Gasteiger partial charge in [0.2, 0.25) is 0 Å². The van der Waals surface area contributed by atoms with Gasteiger partial charge in [-0.25, -0.2) is 0 Å². The Bertz CT molecular complexity index is 620. The van der Waals surface area contributed by atoms with Crippen LogP contribution in [0.4, 0.5) is 5.69 Å². The number of nitrogens with one attached hydrogen (secondary N) is 1. The molecular weight excluding hydrogens is 266 g/mol. The standard InChI is InChI=1S/C16H23N3O2/c1-5-19-12(3)15(11(2)18-19)9-17-14-6-7-16(21-4)13(8-14)10-20/h6-8,17,20H,5,9-10H2,1-4H3. The Morgan fingerprint density at radius 1 is 1.33 bits per heavy atom. The van der Waals surface area contributed by atoms with Crippen molar-refractivity contribution < 1.29 is 9.84 Å². The average Bonchev–Trinajstić information content (AvgIpc) is 2.78. The number of rotatable bonds is 6. The van der Waals surface area contributed by atoms with Crippen molar-refractivity contribution in [3.05, 3.63) is 40.7 Å². The quantitative estimate of drug-likeness (QED) is 0.858. The molecule has 114 valence electrons. The summed E-state index contributed by atoms with van der Waals surface area (Å²) in [5.41, 5.74) is 5.21. The molecule has 0 unspecified atom stereocenters. The maximum Gasteiger partial charge on any atom is 0.124 e. The van der Waals surface area contributed by atoms with Gasteiger partial charge in [-0.15, -0.1) is 0 Å². The number of hydrogen-bond acceptors (Lipinski definition) is 4. The first-order chi connectivity index (χ1) is 10.1. The van der Waals surface area contributed by atoms with E-state index in [-0.39, 0.29) is 6.61 Å². The minimum atomic E-state index is -0.0372. The van der Waals surface area contributed by atoms with E-state index in [1.165, 1.54) is 11.3 Å². The average molecular weight is 289 g/mol. The van der Waals surface area contributed by atoms with E-state index in [0.717, 1.165) is 30.0 Å². The van der Waals surface area contributed by atoms with Crippen LogP contribution in [0.15, 0.2) is 18.2 Å². The Morgan fingerprint density at radius 2 is 2.10 bits per heavy atom. The number of methoxy groups -OCH3 is 1. The summed E-state index contributed by atoms with van der Waals surface area (Å²) < 4.78 is 7.22. The Hall–Kier alpha value is -2.01. The summed E-state index contributed by atoms with van der Waals surface area (Å²) >= 11 is 0. The molecule has 21 heavy (non-hydrogen) atoms. The van der Waals surface area contributed by atoms with Crippen LogP contribution in [0, 0.1) is 13.8 Å². The van der Waals surface area contributed by atoms with Gasteiger partial charge in [0.05, 0.1) is 19.4 Å². The van der Waals surface area contributed by atoms with Crippen LogP contribution in [0.2, 0.25) is 0 Å². The van der Waals surface area contributed by atoms with E-state index >= 15 is 0 Å². The topological polar surface area (TPSA) is 59.3 Å². The van der Waals surface area contributed by atoms with E-state index in [0.29, 0.717) is 5.75 Å². The molecular formula is C16H23N3O2. The summed E-state index contributed by atoms with van der Waals surface area (Å²) in [6, 6.07) is 5.73. The van der Waals surface area contributed by atoms with E-state index in [1.54, 1.807) is 7.11 Å². The molecule has 0 atom stereocenters. The zero-order valence-corrected chi connectivity index (χ0v) is 13.1. The van der Waals surface area contributed by atoms with E-state index in [4.69, 9.17) is 4.74 Å². The molecule has 0 amide bonds. The lowest BCUT2D eigenvalue weighted by atomic mass is 10.1. The van der Waals surface area contributed by atoms with Crippen LogP contribution in [0.25, 0.3) is 0 Å². The van der Waals surface area contributed by atoms with Crippen LogP contribution in [-0.2, 0) is 19.7 Å². The summed E-state index contributed by atoms with van der Waals surface area (Å²) in [5, 5.41) is 17.3. The minimum absolute atomic E-state index is 0.0372. The molecule has 1 aromatic heterocycles. The van der Waals surface area contributed by atoms with Gasteiger partial charge in [-0.3, -0.25) is 4.68 Å². The lowest BCUT2D eigenvalue weighted by molar-refractivity contribution is 0.274. The van der Waals surface area contributed by atoms with Gasteiger partial charge in [-0.1, -0.05) is 0 Å². The highest BCUT2D eigenvalue weighted by Gasteiger charge is 2.10. The second-order valence-corrected chi connectivity index (χ2v) is 5.00. The molecule has 2 rings (SSSR count). The fourth-order valence-corrected chi connectivity index (χ4v) is 2.50. The molecule has 1 aromatic carbocycles. The number of ether oxygens (including phenoxy) is 1. The van der Waals surface area contributed by atoms with Crippen molar-refractivity contribution in [2.45, 2.75) is 40.5 Å². The van der Waals surface area contributed by atoms with Gasteiger partial charge < -0.3 is 15.2 Å². The highest BCUT2D eigenvalue weighted by atomic mass is 16.5. The zero-order valence-electron chi connectivity index (χ0n) is 13.1. The predicted octanol–water partition coefficient (Wildman–Crippen LogP) is 2.63. The Morgan fingerprint density at radius 3 is 2.67 bits per heavy atom. The van der Waals surface area contributed by atoms with Crippen molar-refractivity contribution >= 4 is 5.69 Å². The first-order valence-corrected chi connectivity index (χ1v) is 7.15. The van der Waals surface area contributed by atoms with E-state index < -0.39 is 0 Å². The van der Waals surface area contributed by atoms with Crippen LogP contribution < -0.4 is 10.1 Å². The molecule has 5 heteroatoms. The number of hydrogen-bond donors (Lipinski definition) is 2. The monoisotopic (exact) mass is 289 g/mol. The van der Waals surface area contributed by atoms with Gasteiger partial charge in [0.15, 0.2) is 0 Å². The van der Waals surface area contributed by atoms with Gasteiger partial charge in [0.25, 0.3) is 0 Å². The third-order valence-electron chi connectivity index (χ3n) is 3.75. The molecule has 0 radical (unpaired) electrons. The van der Waals surface area contributed by atoms with Crippen molar-refractivity contribution in [2.75, 3.05) is 12.4 Å². The molecule has 5 nitrogen and oxygen atoms in total. The van der Waals surface area contributed by atoms with Gasteiger partial charge in [0.1, 0.15) is 5.75 Å². The maximum atomic E-state index is 9.36. The molecule has 0 aliphatic rings. The molecule has 2 N–H and O–H groups in total. The highest BCUT2D eigenvalue weighted by molar-refractivity contribution is 5.51. The van der Waals surface area contributed by atoms with Crippen LogP contribution in [0.3, 0.4) is 0 Å². The fraction of sp³-hybridized carbons (Fsp3) is 0.438. The molecule has 1 heterocycles. The van der Waals surface area contributed by atoms with Crippen molar-refractivity contribution in [1.82, 2.24) is 9.78 Å². The first-order valence-electron chi connectivity index (χ1n) is 7.15. The molecule has 0 saturated heterocycles. The molecule has 0 bridgehead atoms. The number of aliphatic hydroxyl groups is 1. The SMILES string of the molecule is CCn1nc(C)c(CNc2ccc(OC)c(CO)c2)c1C. The van der Waals surface area contributed by atoms with Crippen LogP contribution in [0.1, 0.15) is 29.4 Å². The van der Waals surface area contributed by atoms with Crippen molar-refractivity contribution in [2.24, 2.45) is 0 Å². The number of nitrogens with zero attached hydrogens (tertiary/aromatic N) is 2. The highest BCUT2D eigenvalue weighted by Crippen LogP contribution is 2.23. The number of benzene rings is 1. The van der Waals surface area contributed by atoms with Crippen LogP contribution >= 0.6 is 0 Å².